The number of aromatic nitrogens is 2. The molecule has 0 fully saturated rings. The number of ether oxygens (including phenoxy) is 1. The molecule has 0 saturated carbocycles. The Labute approximate surface area is 142 Å². The van der Waals surface area contributed by atoms with Crippen LogP contribution in [0.4, 0.5) is 0 Å². The Kier molecular flexibility index (Phi) is 6.89. The summed E-state index contributed by atoms with van der Waals surface area (Å²) in [5, 5.41) is 9.90. The van der Waals surface area contributed by atoms with Gasteiger partial charge in [0.1, 0.15) is 11.6 Å². The summed E-state index contributed by atoms with van der Waals surface area (Å²) in [4.78, 5) is 9.57. The maximum absolute atomic E-state index is 9.28. The van der Waals surface area contributed by atoms with Gasteiger partial charge in [-0.1, -0.05) is 24.6 Å². The molecule has 0 atom stereocenters. The largest absolute Gasteiger partial charge is 0.492 e. The zero-order chi connectivity index (χ0) is 16.7. The van der Waals surface area contributed by atoms with Gasteiger partial charge in [0.15, 0.2) is 0 Å². The number of halogens is 1. The molecule has 0 radical (unpaired) electrons. The molecule has 1 heterocycles. The standard InChI is InChI=1S/C17H24ClN3O2/c1-3-8-23-17-5-4-14(9-16(17)18)11-21(6-7-22)12-15-10-19-13(2)20-15/h4-5,9-10,22H,3,6-8,11-12H2,1-2H3,(H,19,20). The molecule has 0 saturated heterocycles. The summed E-state index contributed by atoms with van der Waals surface area (Å²) in [5.74, 6) is 1.61. The van der Waals surface area contributed by atoms with Gasteiger partial charge in [-0.25, -0.2) is 4.98 Å². The van der Waals surface area contributed by atoms with E-state index in [1.165, 1.54) is 0 Å². The van der Waals surface area contributed by atoms with Crippen molar-refractivity contribution in [2.75, 3.05) is 19.8 Å². The lowest BCUT2D eigenvalue weighted by Gasteiger charge is -2.21. The molecule has 0 aliphatic carbocycles. The maximum atomic E-state index is 9.28. The summed E-state index contributed by atoms with van der Waals surface area (Å²) in [6.07, 6.45) is 2.78. The minimum absolute atomic E-state index is 0.110. The lowest BCUT2D eigenvalue weighted by atomic mass is 10.2. The highest BCUT2D eigenvalue weighted by atomic mass is 35.5. The Morgan fingerprint density at radius 2 is 2.17 bits per heavy atom. The first-order valence-corrected chi connectivity index (χ1v) is 8.25. The van der Waals surface area contributed by atoms with Gasteiger partial charge in [-0.15, -0.1) is 0 Å². The van der Waals surface area contributed by atoms with Crippen LogP contribution in [0.2, 0.25) is 5.02 Å². The van der Waals surface area contributed by atoms with Gasteiger partial charge >= 0.3 is 0 Å². The molecule has 2 aromatic rings. The first-order chi connectivity index (χ1) is 11.1. The molecule has 0 aliphatic rings. The smallest absolute Gasteiger partial charge is 0.137 e. The lowest BCUT2D eigenvalue weighted by Crippen LogP contribution is -2.26. The van der Waals surface area contributed by atoms with Gasteiger partial charge < -0.3 is 14.8 Å². The fourth-order valence-corrected chi connectivity index (χ4v) is 2.64. The number of aliphatic hydroxyl groups is 1. The number of nitrogens with one attached hydrogen (secondary N) is 1. The molecule has 1 aromatic carbocycles. The molecular weight excluding hydrogens is 314 g/mol. The van der Waals surface area contributed by atoms with Crippen LogP contribution in [-0.2, 0) is 13.1 Å². The number of hydrogen-bond donors (Lipinski definition) is 2. The minimum atomic E-state index is 0.110. The van der Waals surface area contributed by atoms with Crippen molar-refractivity contribution < 1.29 is 9.84 Å². The third-order valence-electron chi connectivity index (χ3n) is 3.43. The molecule has 0 unspecified atom stereocenters. The molecular formula is C17H24ClN3O2. The zero-order valence-electron chi connectivity index (χ0n) is 13.7. The van der Waals surface area contributed by atoms with Crippen molar-refractivity contribution in [3.05, 3.63) is 46.5 Å². The summed E-state index contributed by atoms with van der Waals surface area (Å²) < 4.78 is 5.59. The molecule has 23 heavy (non-hydrogen) atoms. The third-order valence-corrected chi connectivity index (χ3v) is 3.73. The van der Waals surface area contributed by atoms with Crippen LogP contribution >= 0.6 is 11.6 Å². The second kappa shape index (κ2) is 8.91. The fraction of sp³-hybridized carbons (Fsp3) is 0.471. The highest BCUT2D eigenvalue weighted by Crippen LogP contribution is 2.26. The van der Waals surface area contributed by atoms with Gasteiger partial charge in [0.05, 0.1) is 18.2 Å². The van der Waals surface area contributed by atoms with Crippen LogP contribution in [0, 0.1) is 6.92 Å². The third kappa shape index (κ3) is 5.53. The van der Waals surface area contributed by atoms with Crippen LogP contribution in [0.3, 0.4) is 0 Å². The van der Waals surface area contributed by atoms with Crippen LogP contribution in [0.15, 0.2) is 24.4 Å². The Bertz CT molecular complexity index is 616. The van der Waals surface area contributed by atoms with E-state index in [9.17, 15) is 5.11 Å². The summed E-state index contributed by atoms with van der Waals surface area (Å²) in [5.41, 5.74) is 2.12. The van der Waals surface area contributed by atoms with E-state index in [0.29, 0.717) is 31.3 Å². The molecule has 0 aliphatic heterocycles. The Hall–Kier alpha value is -1.56. The lowest BCUT2D eigenvalue weighted by molar-refractivity contribution is 0.183. The van der Waals surface area contributed by atoms with E-state index >= 15 is 0 Å². The van der Waals surface area contributed by atoms with Crippen molar-refractivity contribution in [3.8, 4) is 5.75 Å². The van der Waals surface area contributed by atoms with E-state index in [4.69, 9.17) is 16.3 Å². The second-order valence-corrected chi connectivity index (χ2v) is 5.95. The van der Waals surface area contributed by atoms with Gasteiger partial charge in [-0.3, -0.25) is 4.90 Å². The van der Waals surface area contributed by atoms with Gasteiger partial charge in [0.25, 0.3) is 0 Å². The quantitative estimate of drug-likeness (QED) is 0.738. The predicted octanol–water partition coefficient (Wildman–Crippen LogP) is 3.15. The highest BCUT2D eigenvalue weighted by molar-refractivity contribution is 6.32. The molecule has 5 nitrogen and oxygen atoms in total. The summed E-state index contributed by atoms with van der Waals surface area (Å²) in [7, 11) is 0. The SMILES string of the molecule is CCCOc1ccc(CN(CCO)Cc2cnc(C)[nH]2)cc1Cl. The van der Waals surface area contributed by atoms with Crippen molar-refractivity contribution in [1.82, 2.24) is 14.9 Å². The topological polar surface area (TPSA) is 61.4 Å². The van der Waals surface area contributed by atoms with Crippen molar-refractivity contribution in [3.63, 3.8) is 0 Å². The summed E-state index contributed by atoms with van der Waals surface area (Å²) >= 11 is 6.28. The summed E-state index contributed by atoms with van der Waals surface area (Å²) in [6.45, 7) is 6.75. The number of aryl methyl sites for hydroxylation is 1. The number of rotatable bonds is 9. The van der Waals surface area contributed by atoms with Crippen LogP contribution in [0.25, 0.3) is 0 Å². The van der Waals surface area contributed by atoms with E-state index in [1.807, 2.05) is 31.3 Å². The molecule has 1 aromatic heterocycles. The highest BCUT2D eigenvalue weighted by Gasteiger charge is 2.10. The number of aromatic amines is 1. The molecule has 0 amide bonds. The molecule has 0 spiro atoms. The molecule has 2 N–H and O–H groups in total. The number of nitrogens with zero attached hydrogens (tertiary/aromatic N) is 2. The minimum Gasteiger partial charge on any atom is -0.492 e. The van der Waals surface area contributed by atoms with Gasteiger partial charge in [-0.2, -0.15) is 0 Å². The maximum Gasteiger partial charge on any atom is 0.137 e. The first kappa shape index (κ1) is 17.8. The Morgan fingerprint density at radius 1 is 1.35 bits per heavy atom. The Balaban J connectivity index is 2.02. The van der Waals surface area contributed by atoms with E-state index in [0.717, 1.165) is 29.3 Å². The van der Waals surface area contributed by atoms with Crippen molar-refractivity contribution in [2.24, 2.45) is 0 Å². The zero-order valence-corrected chi connectivity index (χ0v) is 14.4. The average Bonchev–Trinajstić information content (AvgIpc) is 2.92. The van der Waals surface area contributed by atoms with Gasteiger partial charge in [0, 0.05) is 31.5 Å². The van der Waals surface area contributed by atoms with Crippen molar-refractivity contribution >= 4 is 11.6 Å². The number of H-pyrrole nitrogens is 1. The molecule has 6 heteroatoms. The average molecular weight is 338 g/mol. The van der Waals surface area contributed by atoms with Crippen molar-refractivity contribution in [2.45, 2.75) is 33.4 Å². The summed E-state index contributed by atoms with van der Waals surface area (Å²) in [6, 6.07) is 5.85. The number of imidazole rings is 1. The second-order valence-electron chi connectivity index (χ2n) is 5.54. The van der Waals surface area contributed by atoms with E-state index in [1.54, 1.807) is 0 Å². The van der Waals surface area contributed by atoms with Gasteiger partial charge in [-0.05, 0) is 31.0 Å². The van der Waals surface area contributed by atoms with E-state index in [-0.39, 0.29) is 6.61 Å². The fourth-order valence-electron chi connectivity index (χ4n) is 2.38. The first-order valence-electron chi connectivity index (χ1n) is 7.87. The predicted molar refractivity (Wildman–Crippen MR) is 91.8 cm³/mol. The number of hydrogen-bond acceptors (Lipinski definition) is 4. The van der Waals surface area contributed by atoms with Crippen LogP contribution < -0.4 is 4.74 Å². The van der Waals surface area contributed by atoms with E-state index in [2.05, 4.69) is 21.8 Å². The molecule has 2 rings (SSSR count). The van der Waals surface area contributed by atoms with Crippen LogP contribution in [0.5, 0.6) is 5.75 Å². The number of aliphatic hydroxyl groups excluding tert-OH is 1. The van der Waals surface area contributed by atoms with Crippen LogP contribution in [-0.4, -0.2) is 39.7 Å². The Morgan fingerprint density at radius 3 is 2.78 bits per heavy atom. The number of benzene rings is 1. The van der Waals surface area contributed by atoms with Gasteiger partial charge in [0.2, 0.25) is 0 Å². The molecule has 126 valence electrons. The van der Waals surface area contributed by atoms with E-state index < -0.39 is 0 Å². The molecule has 0 bridgehead atoms. The van der Waals surface area contributed by atoms with Crippen LogP contribution in [0.1, 0.15) is 30.4 Å². The monoisotopic (exact) mass is 337 g/mol. The normalized spacial score (nSPS) is 11.2. The van der Waals surface area contributed by atoms with Crippen molar-refractivity contribution in [1.29, 1.82) is 0 Å².